The largest absolute Gasteiger partial charge is 0.362 e. The van der Waals surface area contributed by atoms with Gasteiger partial charge in [0.2, 0.25) is 0 Å². The van der Waals surface area contributed by atoms with Crippen molar-refractivity contribution >= 4 is 5.82 Å². The van der Waals surface area contributed by atoms with Gasteiger partial charge in [-0.25, -0.2) is 9.37 Å². The van der Waals surface area contributed by atoms with Crippen LogP contribution in [0, 0.1) is 5.82 Å². The maximum Gasteiger partial charge on any atom is 0.141 e. The second kappa shape index (κ2) is 4.70. The van der Waals surface area contributed by atoms with Gasteiger partial charge in [0.1, 0.15) is 11.6 Å². The lowest BCUT2D eigenvalue weighted by molar-refractivity contribution is 0.621. The summed E-state index contributed by atoms with van der Waals surface area (Å²) in [6, 6.07) is 8.75. The predicted molar refractivity (Wildman–Crippen MR) is 60.5 cm³/mol. The van der Waals surface area contributed by atoms with Gasteiger partial charge in [0, 0.05) is 6.20 Å². The van der Waals surface area contributed by atoms with Crippen LogP contribution < -0.4 is 5.32 Å². The van der Waals surface area contributed by atoms with Crippen LogP contribution in [0.1, 0.15) is 18.7 Å². The predicted octanol–water partition coefficient (Wildman–Crippen LogP) is 2.79. The van der Waals surface area contributed by atoms with Crippen molar-refractivity contribution in [3.8, 4) is 0 Å². The van der Waals surface area contributed by atoms with E-state index in [0.29, 0.717) is 5.82 Å². The highest BCUT2D eigenvalue weighted by Gasteiger charge is 2.06. The van der Waals surface area contributed by atoms with Gasteiger partial charge in [-0.1, -0.05) is 6.07 Å². The van der Waals surface area contributed by atoms with Crippen LogP contribution in [0.15, 0.2) is 42.7 Å². The minimum Gasteiger partial charge on any atom is -0.362 e. The molecule has 0 spiro atoms. The number of hydrogen-bond acceptors (Lipinski definition) is 3. The Morgan fingerprint density at radius 3 is 2.69 bits per heavy atom. The first-order chi connectivity index (χ1) is 7.75. The smallest absolute Gasteiger partial charge is 0.141 e. The summed E-state index contributed by atoms with van der Waals surface area (Å²) in [5.41, 5.74) is 0.925. The molecule has 0 aromatic carbocycles. The third-order valence-electron chi connectivity index (χ3n) is 2.22. The van der Waals surface area contributed by atoms with Crippen LogP contribution in [-0.2, 0) is 0 Å². The van der Waals surface area contributed by atoms with E-state index in [0.717, 1.165) is 5.69 Å². The highest BCUT2D eigenvalue weighted by molar-refractivity contribution is 5.36. The van der Waals surface area contributed by atoms with E-state index in [9.17, 15) is 4.39 Å². The molecule has 0 saturated carbocycles. The molecule has 0 fully saturated rings. The Balaban J connectivity index is 2.08. The number of aromatic nitrogens is 2. The Morgan fingerprint density at radius 2 is 2.06 bits per heavy atom. The monoisotopic (exact) mass is 217 g/mol. The Hall–Kier alpha value is -1.97. The van der Waals surface area contributed by atoms with Crippen molar-refractivity contribution in [2.75, 3.05) is 5.32 Å². The maximum absolute atomic E-state index is 12.6. The number of nitrogens with one attached hydrogen (secondary N) is 1. The molecule has 0 saturated heterocycles. The molecule has 2 heterocycles. The standard InChI is InChI=1S/C12H12FN3/c1-9(11-4-2-3-7-14-11)16-12-6-5-10(13)8-15-12/h2-9H,1H3,(H,15,16). The molecule has 1 unspecified atom stereocenters. The Morgan fingerprint density at radius 1 is 1.19 bits per heavy atom. The molecular weight excluding hydrogens is 205 g/mol. The average molecular weight is 217 g/mol. The van der Waals surface area contributed by atoms with Gasteiger partial charge in [0.25, 0.3) is 0 Å². The topological polar surface area (TPSA) is 37.8 Å². The highest BCUT2D eigenvalue weighted by Crippen LogP contribution is 2.15. The van der Waals surface area contributed by atoms with E-state index in [-0.39, 0.29) is 11.9 Å². The first-order valence-electron chi connectivity index (χ1n) is 5.05. The number of halogens is 1. The molecule has 82 valence electrons. The zero-order chi connectivity index (χ0) is 11.4. The van der Waals surface area contributed by atoms with E-state index in [2.05, 4.69) is 15.3 Å². The van der Waals surface area contributed by atoms with E-state index in [1.807, 2.05) is 25.1 Å². The summed E-state index contributed by atoms with van der Waals surface area (Å²) in [4.78, 5) is 8.16. The minimum atomic E-state index is -0.337. The number of nitrogens with zero attached hydrogens (tertiary/aromatic N) is 2. The van der Waals surface area contributed by atoms with Gasteiger partial charge in [-0.15, -0.1) is 0 Å². The molecule has 2 aromatic rings. The van der Waals surface area contributed by atoms with Gasteiger partial charge < -0.3 is 5.32 Å². The molecule has 0 bridgehead atoms. The van der Waals surface area contributed by atoms with Crippen molar-refractivity contribution in [3.63, 3.8) is 0 Å². The van der Waals surface area contributed by atoms with E-state index in [1.54, 1.807) is 12.3 Å². The van der Waals surface area contributed by atoms with Crippen LogP contribution in [0.4, 0.5) is 10.2 Å². The van der Waals surface area contributed by atoms with Crippen LogP contribution in [0.3, 0.4) is 0 Å². The molecule has 1 atom stereocenters. The third kappa shape index (κ3) is 2.53. The average Bonchev–Trinajstić information content (AvgIpc) is 2.33. The number of hydrogen-bond donors (Lipinski definition) is 1. The molecule has 2 rings (SSSR count). The maximum atomic E-state index is 12.6. The van der Waals surface area contributed by atoms with Crippen molar-refractivity contribution in [2.45, 2.75) is 13.0 Å². The molecular formula is C12H12FN3. The molecule has 2 aromatic heterocycles. The normalized spacial score (nSPS) is 12.1. The molecule has 0 radical (unpaired) electrons. The summed E-state index contributed by atoms with van der Waals surface area (Å²) in [5.74, 6) is 0.301. The van der Waals surface area contributed by atoms with E-state index in [4.69, 9.17) is 0 Å². The zero-order valence-electron chi connectivity index (χ0n) is 8.89. The van der Waals surface area contributed by atoms with Crippen molar-refractivity contribution in [2.24, 2.45) is 0 Å². The van der Waals surface area contributed by atoms with Crippen molar-refractivity contribution in [1.29, 1.82) is 0 Å². The third-order valence-corrected chi connectivity index (χ3v) is 2.22. The number of rotatable bonds is 3. The number of pyridine rings is 2. The van der Waals surface area contributed by atoms with Crippen LogP contribution in [-0.4, -0.2) is 9.97 Å². The van der Waals surface area contributed by atoms with Crippen LogP contribution in [0.25, 0.3) is 0 Å². The van der Waals surface area contributed by atoms with Crippen LogP contribution in [0.5, 0.6) is 0 Å². The second-order valence-electron chi connectivity index (χ2n) is 3.48. The number of anilines is 1. The van der Waals surface area contributed by atoms with Gasteiger partial charge in [-0.05, 0) is 31.2 Å². The lowest BCUT2D eigenvalue weighted by Gasteiger charge is -2.13. The van der Waals surface area contributed by atoms with Crippen molar-refractivity contribution in [3.05, 3.63) is 54.2 Å². The molecule has 16 heavy (non-hydrogen) atoms. The fraction of sp³-hybridized carbons (Fsp3) is 0.167. The second-order valence-corrected chi connectivity index (χ2v) is 3.48. The Kier molecular flexibility index (Phi) is 3.10. The van der Waals surface area contributed by atoms with E-state index >= 15 is 0 Å². The van der Waals surface area contributed by atoms with Gasteiger partial charge in [-0.3, -0.25) is 4.98 Å². The Labute approximate surface area is 93.4 Å². The highest BCUT2D eigenvalue weighted by atomic mass is 19.1. The molecule has 0 aliphatic heterocycles. The summed E-state index contributed by atoms with van der Waals surface area (Å²) < 4.78 is 12.6. The van der Waals surface area contributed by atoms with Gasteiger partial charge in [-0.2, -0.15) is 0 Å². The summed E-state index contributed by atoms with van der Waals surface area (Å²) in [7, 11) is 0. The quantitative estimate of drug-likeness (QED) is 0.859. The zero-order valence-corrected chi connectivity index (χ0v) is 8.89. The molecule has 1 N–H and O–H groups in total. The van der Waals surface area contributed by atoms with E-state index < -0.39 is 0 Å². The summed E-state index contributed by atoms with van der Waals surface area (Å²) in [6.45, 7) is 1.98. The van der Waals surface area contributed by atoms with E-state index in [1.165, 1.54) is 12.3 Å². The SMILES string of the molecule is CC(Nc1ccc(F)cn1)c1ccccn1. The molecule has 3 nitrogen and oxygen atoms in total. The first kappa shape index (κ1) is 10.5. The lowest BCUT2D eigenvalue weighted by atomic mass is 10.2. The molecule has 0 aliphatic rings. The fourth-order valence-corrected chi connectivity index (χ4v) is 1.39. The fourth-order valence-electron chi connectivity index (χ4n) is 1.39. The minimum absolute atomic E-state index is 0.0409. The molecule has 4 heteroatoms. The summed E-state index contributed by atoms with van der Waals surface area (Å²) in [6.07, 6.45) is 2.93. The lowest BCUT2D eigenvalue weighted by Crippen LogP contribution is -2.09. The van der Waals surface area contributed by atoms with Crippen LogP contribution in [0.2, 0.25) is 0 Å². The van der Waals surface area contributed by atoms with Gasteiger partial charge in [0.15, 0.2) is 0 Å². The van der Waals surface area contributed by atoms with Crippen molar-refractivity contribution in [1.82, 2.24) is 9.97 Å². The first-order valence-corrected chi connectivity index (χ1v) is 5.05. The van der Waals surface area contributed by atoms with Gasteiger partial charge in [0.05, 0.1) is 17.9 Å². The molecule has 0 amide bonds. The van der Waals surface area contributed by atoms with Crippen LogP contribution >= 0.6 is 0 Å². The van der Waals surface area contributed by atoms with Gasteiger partial charge >= 0.3 is 0 Å². The van der Waals surface area contributed by atoms with Crippen molar-refractivity contribution < 1.29 is 4.39 Å². The Bertz CT molecular complexity index is 442. The summed E-state index contributed by atoms with van der Waals surface area (Å²) >= 11 is 0. The molecule has 0 aliphatic carbocycles. The summed E-state index contributed by atoms with van der Waals surface area (Å²) in [5, 5.41) is 3.15.